The fourth-order valence-corrected chi connectivity index (χ4v) is 5.99. The van der Waals surface area contributed by atoms with Crippen LogP contribution in [0.15, 0.2) is 53.6 Å². The third-order valence-corrected chi connectivity index (χ3v) is 8.01. The van der Waals surface area contributed by atoms with Gasteiger partial charge in [-0.15, -0.1) is 0 Å². The van der Waals surface area contributed by atoms with Gasteiger partial charge in [-0.25, -0.2) is 12.4 Å². The summed E-state index contributed by atoms with van der Waals surface area (Å²) in [6.07, 6.45) is 2.39. The Hall–Kier alpha value is -2.84. The second-order valence-electron chi connectivity index (χ2n) is 8.18. The summed E-state index contributed by atoms with van der Waals surface area (Å²) in [5.74, 6) is 0.00996. The Labute approximate surface area is 182 Å². The number of carbonyl (C=O) groups is 1. The Morgan fingerprint density at radius 1 is 1.00 bits per heavy atom. The molecule has 2 aromatic carbocycles. The molecule has 2 aliphatic heterocycles. The summed E-state index contributed by atoms with van der Waals surface area (Å²) in [5.41, 5.74) is 3.75. The van der Waals surface area contributed by atoms with Crippen molar-refractivity contribution in [1.82, 2.24) is 14.2 Å². The topological polar surface area (TPSA) is 74.7 Å². The quantitative estimate of drug-likeness (QED) is 0.679. The average molecular weight is 439 g/mol. The first-order chi connectivity index (χ1) is 14.9. The zero-order chi connectivity index (χ0) is 21.6. The van der Waals surface area contributed by atoms with Gasteiger partial charge in [0.05, 0.1) is 10.4 Å². The first-order valence-corrected chi connectivity index (χ1v) is 12.1. The summed E-state index contributed by atoms with van der Waals surface area (Å²) >= 11 is 0. The highest BCUT2D eigenvalue weighted by Crippen LogP contribution is 2.31. The maximum absolute atomic E-state index is 13.6. The predicted octanol–water partition coefficient (Wildman–Crippen LogP) is 2.19. The minimum Gasteiger partial charge on any atom is -0.368 e. The van der Waals surface area contributed by atoms with Gasteiger partial charge < -0.3 is 15.1 Å². The summed E-state index contributed by atoms with van der Waals surface area (Å²) in [7, 11) is -3.76. The van der Waals surface area contributed by atoms with E-state index in [0.717, 1.165) is 54.8 Å². The summed E-state index contributed by atoms with van der Waals surface area (Å²) < 4.78 is 28.5. The molecule has 0 unspecified atom stereocenters. The third kappa shape index (κ3) is 3.49. The molecular weight excluding hydrogens is 412 g/mol. The number of amides is 1. The molecule has 1 saturated heterocycles. The Morgan fingerprint density at radius 2 is 1.81 bits per heavy atom. The highest BCUT2D eigenvalue weighted by molar-refractivity contribution is 7.90. The largest absolute Gasteiger partial charge is 0.368 e. The lowest BCUT2D eigenvalue weighted by Gasteiger charge is -2.30. The zero-order valence-electron chi connectivity index (χ0n) is 17.5. The molecule has 5 rings (SSSR count). The predicted molar refractivity (Wildman–Crippen MR) is 121 cm³/mol. The monoisotopic (exact) mass is 438 g/mol. The number of fused-ring (bicyclic) bond motifs is 2. The van der Waals surface area contributed by atoms with Crippen molar-refractivity contribution >= 4 is 32.5 Å². The highest BCUT2D eigenvalue weighted by atomic mass is 32.2. The van der Waals surface area contributed by atoms with Crippen molar-refractivity contribution in [3.8, 4) is 0 Å². The number of nitrogens with zero attached hydrogens (tertiary/aromatic N) is 3. The molecule has 1 N–H and O–H groups in total. The van der Waals surface area contributed by atoms with E-state index in [9.17, 15) is 13.2 Å². The maximum atomic E-state index is 13.6. The molecule has 7 nitrogen and oxygen atoms in total. The van der Waals surface area contributed by atoms with E-state index < -0.39 is 10.0 Å². The fraction of sp³-hybridized carbons (Fsp3) is 0.348. The van der Waals surface area contributed by atoms with Crippen molar-refractivity contribution in [3.05, 3.63) is 59.8 Å². The molecule has 1 fully saturated rings. The first-order valence-electron chi connectivity index (χ1n) is 10.6. The van der Waals surface area contributed by atoms with Gasteiger partial charge in [-0.05, 0) is 47.9 Å². The van der Waals surface area contributed by atoms with Gasteiger partial charge >= 0.3 is 0 Å². The van der Waals surface area contributed by atoms with Gasteiger partial charge in [0.25, 0.3) is 10.0 Å². The minimum atomic E-state index is -3.76. The van der Waals surface area contributed by atoms with Crippen molar-refractivity contribution in [3.63, 3.8) is 0 Å². The molecule has 1 amide bonds. The standard InChI is InChI=1S/C23H26N4O3S/c1-17(28)26-11-7-18-5-6-20(15-19(18)16-26)31(29,30)27-12-8-21-22(3-2-4-23(21)27)25-13-9-24-10-14-25/h2-6,8,12,15,24H,7,9-11,13-14,16H2,1H3. The van der Waals surface area contributed by atoms with Crippen LogP contribution in [0.2, 0.25) is 0 Å². The number of anilines is 1. The third-order valence-electron chi connectivity index (χ3n) is 6.32. The van der Waals surface area contributed by atoms with E-state index in [0.29, 0.717) is 18.6 Å². The molecule has 0 saturated carbocycles. The summed E-state index contributed by atoms with van der Waals surface area (Å²) in [6, 6.07) is 13.0. The Bertz CT molecular complexity index is 1260. The van der Waals surface area contributed by atoms with E-state index in [1.807, 2.05) is 24.3 Å². The van der Waals surface area contributed by atoms with E-state index in [4.69, 9.17) is 0 Å². The van der Waals surface area contributed by atoms with Crippen molar-refractivity contribution in [2.45, 2.75) is 24.8 Å². The summed E-state index contributed by atoms with van der Waals surface area (Å²) in [5, 5.41) is 4.29. The van der Waals surface area contributed by atoms with Crippen LogP contribution < -0.4 is 10.2 Å². The lowest BCUT2D eigenvalue weighted by molar-refractivity contribution is -0.129. The molecule has 0 atom stereocenters. The zero-order valence-corrected chi connectivity index (χ0v) is 18.4. The van der Waals surface area contributed by atoms with E-state index in [1.54, 1.807) is 30.2 Å². The maximum Gasteiger partial charge on any atom is 0.268 e. The molecule has 31 heavy (non-hydrogen) atoms. The number of benzene rings is 2. The van der Waals surface area contributed by atoms with Crippen LogP contribution in [0.1, 0.15) is 18.1 Å². The number of hydrogen-bond donors (Lipinski definition) is 1. The van der Waals surface area contributed by atoms with Crippen LogP contribution in [-0.4, -0.2) is 55.9 Å². The minimum absolute atomic E-state index is 0.00996. The second-order valence-corrected chi connectivity index (χ2v) is 10.00. The number of rotatable bonds is 3. The number of nitrogens with one attached hydrogen (secondary N) is 1. The van der Waals surface area contributed by atoms with E-state index in [1.165, 1.54) is 3.97 Å². The number of aromatic nitrogens is 1. The molecule has 0 radical (unpaired) electrons. The highest BCUT2D eigenvalue weighted by Gasteiger charge is 2.24. The van der Waals surface area contributed by atoms with Crippen LogP contribution >= 0.6 is 0 Å². The lowest BCUT2D eigenvalue weighted by Crippen LogP contribution is -2.43. The van der Waals surface area contributed by atoms with Crippen LogP contribution in [0.25, 0.3) is 10.9 Å². The molecule has 162 valence electrons. The average Bonchev–Trinajstić information content (AvgIpc) is 3.24. The molecule has 0 aliphatic carbocycles. The first kappa shape index (κ1) is 20.1. The number of hydrogen-bond acceptors (Lipinski definition) is 5. The number of piperazine rings is 1. The molecular formula is C23H26N4O3S. The lowest BCUT2D eigenvalue weighted by atomic mass is 10.00. The molecule has 3 aromatic rings. The second kappa shape index (κ2) is 7.69. The SMILES string of the molecule is CC(=O)N1CCc2ccc(S(=O)(=O)n3ccc4c(N5CCNCC5)cccc43)cc2C1. The Kier molecular flexibility index (Phi) is 4.98. The normalized spacial score (nSPS) is 17.1. The van der Waals surface area contributed by atoms with Crippen LogP contribution in [0.5, 0.6) is 0 Å². The van der Waals surface area contributed by atoms with Gasteiger partial charge in [0.15, 0.2) is 0 Å². The molecule has 0 spiro atoms. The summed E-state index contributed by atoms with van der Waals surface area (Å²) in [4.78, 5) is 16.1. The molecule has 0 bridgehead atoms. The van der Waals surface area contributed by atoms with Crippen molar-refractivity contribution in [1.29, 1.82) is 0 Å². The van der Waals surface area contributed by atoms with Crippen molar-refractivity contribution < 1.29 is 13.2 Å². The van der Waals surface area contributed by atoms with E-state index in [-0.39, 0.29) is 10.8 Å². The van der Waals surface area contributed by atoms with Crippen molar-refractivity contribution in [2.24, 2.45) is 0 Å². The number of carbonyl (C=O) groups excluding carboxylic acids is 1. The van der Waals surface area contributed by atoms with Crippen LogP contribution in [0, 0.1) is 0 Å². The van der Waals surface area contributed by atoms with Crippen LogP contribution in [-0.2, 0) is 27.8 Å². The van der Waals surface area contributed by atoms with Crippen LogP contribution in [0.3, 0.4) is 0 Å². The molecule has 3 heterocycles. The molecule has 2 aliphatic rings. The van der Waals surface area contributed by atoms with Gasteiger partial charge in [-0.3, -0.25) is 4.79 Å². The smallest absolute Gasteiger partial charge is 0.268 e. The van der Waals surface area contributed by atoms with Gasteiger partial charge in [0.2, 0.25) is 5.91 Å². The molecule has 1 aromatic heterocycles. The summed E-state index contributed by atoms with van der Waals surface area (Å²) in [6.45, 7) is 6.30. The fourth-order valence-electron chi connectivity index (χ4n) is 4.59. The van der Waals surface area contributed by atoms with Gasteiger partial charge in [-0.1, -0.05) is 12.1 Å². The van der Waals surface area contributed by atoms with E-state index >= 15 is 0 Å². The van der Waals surface area contributed by atoms with Crippen LogP contribution in [0.4, 0.5) is 5.69 Å². The van der Waals surface area contributed by atoms with Gasteiger partial charge in [0, 0.05) is 63.5 Å². The Morgan fingerprint density at radius 3 is 2.58 bits per heavy atom. The van der Waals surface area contributed by atoms with E-state index in [2.05, 4.69) is 16.3 Å². The van der Waals surface area contributed by atoms with Crippen molar-refractivity contribution in [2.75, 3.05) is 37.6 Å². The molecule has 8 heteroatoms. The van der Waals surface area contributed by atoms with Gasteiger partial charge in [-0.2, -0.15) is 0 Å². The Balaban J connectivity index is 1.54. The van der Waals surface area contributed by atoms with Gasteiger partial charge in [0.1, 0.15) is 0 Å².